The molecule has 0 aliphatic carbocycles. The minimum absolute atomic E-state index is 0.0651. The molecular formula is C11H11ClN2O3. The van der Waals surface area contributed by atoms with Crippen molar-refractivity contribution < 1.29 is 9.72 Å². The van der Waals surface area contributed by atoms with Gasteiger partial charge in [-0.25, -0.2) is 0 Å². The molecule has 0 spiro atoms. The highest BCUT2D eigenvalue weighted by Crippen LogP contribution is 2.22. The second-order valence-electron chi connectivity index (χ2n) is 3.25. The molecule has 6 heteroatoms. The van der Waals surface area contributed by atoms with Crippen LogP contribution in [0, 0.1) is 10.1 Å². The second-order valence-corrected chi connectivity index (χ2v) is 3.66. The first-order valence-electron chi connectivity index (χ1n) is 4.89. The predicted octanol–water partition coefficient (Wildman–Crippen LogP) is 2.55. The van der Waals surface area contributed by atoms with Crippen LogP contribution in [0.1, 0.15) is 16.8 Å². The van der Waals surface area contributed by atoms with Gasteiger partial charge in [0.25, 0.3) is 11.6 Å². The summed E-state index contributed by atoms with van der Waals surface area (Å²) in [6, 6.07) is 3.74. The number of carbonyl (C=O) groups is 1. The Bertz CT molecular complexity index is 460. The van der Waals surface area contributed by atoms with Crippen molar-refractivity contribution in [3.8, 4) is 0 Å². The lowest BCUT2D eigenvalue weighted by Gasteiger charge is -2.05. The average Bonchev–Trinajstić information content (AvgIpc) is 2.28. The number of nitro benzene ring substituents is 1. The molecule has 1 N–H and O–H groups in total. The first-order chi connectivity index (χ1) is 8.06. The quantitative estimate of drug-likeness (QED) is 0.380. The Balaban J connectivity index is 2.81. The van der Waals surface area contributed by atoms with Gasteiger partial charge in [-0.15, -0.1) is 6.58 Å². The van der Waals surface area contributed by atoms with E-state index >= 15 is 0 Å². The van der Waals surface area contributed by atoms with Crippen molar-refractivity contribution in [3.63, 3.8) is 0 Å². The number of hydrogen-bond acceptors (Lipinski definition) is 3. The topological polar surface area (TPSA) is 72.2 Å². The number of nitrogens with zero attached hydrogens (tertiary/aromatic N) is 1. The zero-order valence-electron chi connectivity index (χ0n) is 8.98. The van der Waals surface area contributed by atoms with Crippen LogP contribution in [-0.4, -0.2) is 17.4 Å². The van der Waals surface area contributed by atoms with E-state index in [1.807, 2.05) is 0 Å². The number of amides is 1. The van der Waals surface area contributed by atoms with Crippen molar-refractivity contribution in [1.29, 1.82) is 0 Å². The fourth-order valence-electron chi connectivity index (χ4n) is 1.18. The van der Waals surface area contributed by atoms with Crippen molar-refractivity contribution >= 4 is 23.2 Å². The largest absolute Gasteiger partial charge is 0.352 e. The van der Waals surface area contributed by atoms with Gasteiger partial charge in [-0.05, 0) is 12.5 Å². The van der Waals surface area contributed by atoms with Gasteiger partial charge in [0, 0.05) is 18.7 Å². The van der Waals surface area contributed by atoms with Gasteiger partial charge in [0.15, 0.2) is 0 Å². The van der Waals surface area contributed by atoms with Gasteiger partial charge < -0.3 is 5.32 Å². The molecule has 1 rings (SSSR count). The number of nitrogens with one attached hydrogen (secondary N) is 1. The summed E-state index contributed by atoms with van der Waals surface area (Å²) in [7, 11) is 0. The molecule has 0 fully saturated rings. The fraction of sp³-hybridized carbons (Fsp3) is 0.182. The molecule has 0 atom stereocenters. The Morgan fingerprint density at radius 1 is 1.59 bits per heavy atom. The Morgan fingerprint density at radius 2 is 2.29 bits per heavy atom. The molecule has 1 aromatic rings. The van der Waals surface area contributed by atoms with Gasteiger partial charge in [0.2, 0.25) is 0 Å². The highest BCUT2D eigenvalue weighted by Gasteiger charge is 2.14. The third-order valence-corrected chi connectivity index (χ3v) is 2.35. The van der Waals surface area contributed by atoms with E-state index in [1.54, 1.807) is 6.08 Å². The molecule has 5 nitrogen and oxygen atoms in total. The Kier molecular flexibility index (Phi) is 4.66. The van der Waals surface area contributed by atoms with Crippen LogP contribution in [-0.2, 0) is 0 Å². The number of nitro groups is 1. The molecule has 90 valence electrons. The summed E-state index contributed by atoms with van der Waals surface area (Å²) in [6.45, 7) is 3.98. The van der Waals surface area contributed by atoms with Gasteiger partial charge >= 0.3 is 0 Å². The number of carbonyl (C=O) groups excluding carboxylic acids is 1. The van der Waals surface area contributed by atoms with Crippen LogP contribution in [0.3, 0.4) is 0 Å². The summed E-state index contributed by atoms with van der Waals surface area (Å²) < 4.78 is 0. The van der Waals surface area contributed by atoms with Crippen LogP contribution in [0.15, 0.2) is 30.9 Å². The van der Waals surface area contributed by atoms with Crippen molar-refractivity contribution in [2.75, 3.05) is 6.54 Å². The monoisotopic (exact) mass is 254 g/mol. The molecule has 0 bridgehead atoms. The first-order valence-corrected chi connectivity index (χ1v) is 5.27. The smallest absolute Gasteiger partial charge is 0.270 e. The van der Waals surface area contributed by atoms with E-state index in [0.717, 1.165) is 6.07 Å². The van der Waals surface area contributed by atoms with Gasteiger partial charge in [-0.1, -0.05) is 17.7 Å². The molecule has 0 unspecified atom stereocenters. The second kappa shape index (κ2) is 6.00. The highest BCUT2D eigenvalue weighted by atomic mass is 35.5. The minimum atomic E-state index is -0.564. The standard InChI is InChI=1S/C11H11ClN2O3/c1-2-3-6-13-11(15)9-5-4-8(14(16)17)7-10(9)12/h2,4-5,7H,1,3,6H2,(H,13,15). The number of hydrogen-bond donors (Lipinski definition) is 1. The third-order valence-electron chi connectivity index (χ3n) is 2.04. The van der Waals surface area contributed by atoms with E-state index in [1.165, 1.54) is 12.1 Å². The molecule has 0 radical (unpaired) electrons. The lowest BCUT2D eigenvalue weighted by molar-refractivity contribution is -0.384. The lowest BCUT2D eigenvalue weighted by Crippen LogP contribution is -2.24. The molecule has 0 saturated carbocycles. The van der Waals surface area contributed by atoms with E-state index in [-0.39, 0.29) is 22.2 Å². The highest BCUT2D eigenvalue weighted by molar-refractivity contribution is 6.34. The van der Waals surface area contributed by atoms with Crippen LogP contribution in [0.2, 0.25) is 5.02 Å². The number of non-ortho nitro benzene ring substituents is 1. The number of rotatable bonds is 5. The van der Waals surface area contributed by atoms with E-state index in [0.29, 0.717) is 13.0 Å². The molecule has 0 heterocycles. The van der Waals surface area contributed by atoms with Crippen molar-refractivity contribution in [3.05, 3.63) is 51.6 Å². The molecule has 0 saturated heterocycles. The lowest BCUT2D eigenvalue weighted by atomic mass is 10.2. The molecule has 17 heavy (non-hydrogen) atoms. The maximum absolute atomic E-state index is 11.6. The normalized spacial score (nSPS) is 9.71. The van der Waals surface area contributed by atoms with Crippen LogP contribution >= 0.6 is 11.6 Å². The minimum Gasteiger partial charge on any atom is -0.352 e. The Labute approximate surface area is 103 Å². The molecule has 1 aromatic carbocycles. The third kappa shape index (κ3) is 3.57. The van der Waals surface area contributed by atoms with Crippen LogP contribution < -0.4 is 5.32 Å². The van der Waals surface area contributed by atoms with Gasteiger partial charge in [-0.2, -0.15) is 0 Å². The van der Waals surface area contributed by atoms with Crippen molar-refractivity contribution in [2.45, 2.75) is 6.42 Å². The first kappa shape index (κ1) is 13.2. The van der Waals surface area contributed by atoms with Gasteiger partial charge in [0.05, 0.1) is 15.5 Å². The molecule has 0 aromatic heterocycles. The van der Waals surface area contributed by atoms with Crippen LogP contribution in [0.25, 0.3) is 0 Å². The predicted molar refractivity (Wildman–Crippen MR) is 65.3 cm³/mol. The van der Waals surface area contributed by atoms with E-state index in [4.69, 9.17) is 11.6 Å². The summed E-state index contributed by atoms with van der Waals surface area (Å²) in [5.74, 6) is -0.355. The number of halogens is 1. The fourth-order valence-corrected chi connectivity index (χ4v) is 1.45. The van der Waals surface area contributed by atoms with Gasteiger partial charge in [-0.3, -0.25) is 14.9 Å². The summed E-state index contributed by atoms with van der Waals surface area (Å²) in [5.41, 5.74) is 0.0824. The zero-order valence-corrected chi connectivity index (χ0v) is 9.74. The van der Waals surface area contributed by atoms with E-state index in [2.05, 4.69) is 11.9 Å². The van der Waals surface area contributed by atoms with Crippen LogP contribution in [0.5, 0.6) is 0 Å². The van der Waals surface area contributed by atoms with Crippen molar-refractivity contribution in [2.24, 2.45) is 0 Å². The van der Waals surface area contributed by atoms with E-state index in [9.17, 15) is 14.9 Å². The summed E-state index contributed by atoms with van der Waals surface area (Å²) in [6.07, 6.45) is 2.33. The summed E-state index contributed by atoms with van der Waals surface area (Å²) in [5, 5.41) is 13.2. The summed E-state index contributed by atoms with van der Waals surface area (Å²) >= 11 is 5.80. The zero-order chi connectivity index (χ0) is 12.8. The maximum Gasteiger partial charge on any atom is 0.270 e. The van der Waals surface area contributed by atoms with Gasteiger partial charge in [0.1, 0.15) is 0 Å². The van der Waals surface area contributed by atoms with Crippen LogP contribution in [0.4, 0.5) is 5.69 Å². The number of benzene rings is 1. The maximum atomic E-state index is 11.6. The Morgan fingerprint density at radius 3 is 2.82 bits per heavy atom. The summed E-state index contributed by atoms with van der Waals surface area (Å²) in [4.78, 5) is 21.5. The molecule has 0 aliphatic heterocycles. The van der Waals surface area contributed by atoms with E-state index < -0.39 is 4.92 Å². The average molecular weight is 255 g/mol. The SMILES string of the molecule is C=CCCNC(=O)c1ccc([N+](=O)[O-])cc1Cl. The Hall–Kier alpha value is -1.88. The molecule has 0 aliphatic rings. The van der Waals surface area contributed by atoms with Crippen molar-refractivity contribution in [1.82, 2.24) is 5.32 Å². The molecule has 1 amide bonds. The molecular weight excluding hydrogens is 244 g/mol.